The van der Waals surface area contributed by atoms with Crippen LogP contribution in [0.15, 0.2) is 48.7 Å². The molecule has 4 rings (SSSR count). The topological polar surface area (TPSA) is 33.1 Å². The average molecular weight is 405 g/mol. The van der Waals surface area contributed by atoms with E-state index in [1.807, 2.05) is 18.3 Å². The van der Waals surface area contributed by atoms with Gasteiger partial charge in [0.05, 0.1) is 17.8 Å². The number of hydrogen-bond acceptors (Lipinski definition) is 2. The molecule has 0 aliphatic carbocycles. The monoisotopic (exact) mass is 404 g/mol. The second-order valence-corrected chi connectivity index (χ2v) is 8.22. The van der Waals surface area contributed by atoms with E-state index in [9.17, 15) is 0 Å². The van der Waals surface area contributed by atoms with Gasteiger partial charge in [0.2, 0.25) is 0 Å². The summed E-state index contributed by atoms with van der Waals surface area (Å²) >= 11 is 5.84. The van der Waals surface area contributed by atoms with Crippen LogP contribution in [-0.2, 0) is 6.54 Å². The lowest BCUT2D eigenvalue weighted by Gasteiger charge is -2.28. The third-order valence-corrected chi connectivity index (χ3v) is 6.43. The highest BCUT2D eigenvalue weighted by Crippen LogP contribution is 2.43. The average Bonchev–Trinajstić information content (AvgIpc) is 3.20. The molecular formula is C24H28N4S. The highest BCUT2D eigenvalue weighted by molar-refractivity contribution is 7.80. The molecule has 1 N–H and O–H groups in total. The van der Waals surface area contributed by atoms with Crippen LogP contribution in [0.5, 0.6) is 0 Å². The molecule has 0 bridgehead atoms. The van der Waals surface area contributed by atoms with Gasteiger partial charge >= 0.3 is 0 Å². The molecule has 2 aromatic heterocycles. The molecule has 5 heteroatoms. The highest BCUT2D eigenvalue weighted by Gasteiger charge is 2.42. The Bertz CT molecular complexity index is 1050. The minimum absolute atomic E-state index is 0.00360. The summed E-state index contributed by atoms with van der Waals surface area (Å²) in [4.78, 5) is 6.92. The van der Waals surface area contributed by atoms with Gasteiger partial charge in [-0.15, -0.1) is 0 Å². The maximum Gasteiger partial charge on any atom is 0.174 e. The van der Waals surface area contributed by atoms with Gasteiger partial charge in [-0.05, 0) is 93.9 Å². The second-order valence-electron chi connectivity index (χ2n) is 7.84. The minimum atomic E-state index is -0.00360. The van der Waals surface area contributed by atoms with Gasteiger partial charge < -0.3 is 14.8 Å². The summed E-state index contributed by atoms with van der Waals surface area (Å²) in [6.07, 6.45) is 1.85. The first kappa shape index (κ1) is 19.6. The van der Waals surface area contributed by atoms with Crippen LogP contribution >= 0.6 is 12.2 Å². The number of anilines is 1. The molecule has 1 aromatic carbocycles. The van der Waals surface area contributed by atoms with Crippen LogP contribution in [0.3, 0.4) is 0 Å². The van der Waals surface area contributed by atoms with E-state index in [0.717, 1.165) is 23.0 Å². The van der Waals surface area contributed by atoms with E-state index in [1.165, 1.54) is 28.1 Å². The Labute approximate surface area is 178 Å². The molecule has 0 saturated carbocycles. The fraction of sp³-hybridized carbons (Fsp3) is 0.333. The van der Waals surface area contributed by atoms with E-state index in [-0.39, 0.29) is 12.1 Å². The van der Waals surface area contributed by atoms with Crippen LogP contribution in [-0.4, -0.2) is 14.7 Å². The van der Waals surface area contributed by atoms with Gasteiger partial charge in [-0.25, -0.2) is 0 Å². The molecule has 150 valence electrons. The van der Waals surface area contributed by atoms with Crippen molar-refractivity contribution in [3.05, 3.63) is 82.4 Å². The second kappa shape index (κ2) is 7.64. The van der Waals surface area contributed by atoms with Gasteiger partial charge in [0.25, 0.3) is 0 Å². The largest absolute Gasteiger partial charge is 0.351 e. The maximum absolute atomic E-state index is 5.84. The number of hydrogen-bond donors (Lipinski definition) is 1. The summed E-state index contributed by atoms with van der Waals surface area (Å²) in [5, 5.41) is 4.31. The SMILES string of the molecule is CCn1c(C)cc([C@H]2[C@H](c3ccccn3)NC(=S)N2c2ccc(C)c(C)c2)c1C. The van der Waals surface area contributed by atoms with Crippen LogP contribution in [0.2, 0.25) is 0 Å². The van der Waals surface area contributed by atoms with E-state index in [4.69, 9.17) is 12.2 Å². The van der Waals surface area contributed by atoms with Crippen molar-refractivity contribution in [3.63, 3.8) is 0 Å². The zero-order chi connectivity index (χ0) is 20.7. The standard InChI is InChI=1S/C24H28N4S/c1-6-27-17(4)14-20(18(27)5)23-22(21-9-7-8-12-25-21)26-24(29)28(23)19-11-10-15(2)16(3)13-19/h7-14,22-23H,6H2,1-5H3,(H,26,29)/t22-,23-/m0/s1. The first-order chi connectivity index (χ1) is 13.9. The van der Waals surface area contributed by atoms with Gasteiger partial charge in [-0.3, -0.25) is 4.98 Å². The fourth-order valence-corrected chi connectivity index (χ4v) is 4.78. The van der Waals surface area contributed by atoms with Crippen molar-refractivity contribution < 1.29 is 0 Å². The summed E-state index contributed by atoms with van der Waals surface area (Å²) in [7, 11) is 0. The molecule has 0 spiro atoms. The predicted molar refractivity (Wildman–Crippen MR) is 123 cm³/mol. The van der Waals surface area contributed by atoms with Crippen molar-refractivity contribution in [2.45, 2.75) is 53.2 Å². The quantitative estimate of drug-likeness (QED) is 0.597. The number of nitrogens with zero attached hydrogens (tertiary/aromatic N) is 3. The summed E-state index contributed by atoms with van der Waals surface area (Å²) in [6.45, 7) is 11.8. The van der Waals surface area contributed by atoms with E-state index < -0.39 is 0 Å². The Hall–Kier alpha value is -2.66. The maximum atomic E-state index is 5.84. The van der Waals surface area contributed by atoms with E-state index in [1.54, 1.807) is 0 Å². The molecule has 1 aliphatic heterocycles. The van der Waals surface area contributed by atoms with Gasteiger partial charge in [0, 0.05) is 29.8 Å². The summed E-state index contributed by atoms with van der Waals surface area (Å²) in [5.74, 6) is 0. The molecule has 3 heterocycles. The van der Waals surface area contributed by atoms with Crippen LogP contribution in [0.1, 0.15) is 52.8 Å². The molecule has 2 atom stereocenters. The molecule has 0 amide bonds. The Morgan fingerprint density at radius 3 is 2.45 bits per heavy atom. The van der Waals surface area contributed by atoms with Crippen molar-refractivity contribution in [3.8, 4) is 0 Å². The van der Waals surface area contributed by atoms with Crippen LogP contribution in [0.25, 0.3) is 0 Å². The first-order valence-electron chi connectivity index (χ1n) is 10.2. The summed E-state index contributed by atoms with van der Waals surface area (Å²) < 4.78 is 2.37. The number of aromatic nitrogens is 2. The Kier molecular flexibility index (Phi) is 5.17. The Morgan fingerprint density at radius 1 is 1.03 bits per heavy atom. The Balaban J connectivity index is 1.89. The summed E-state index contributed by atoms with van der Waals surface area (Å²) in [5.41, 5.74) is 8.54. The van der Waals surface area contributed by atoms with Crippen molar-refractivity contribution in [2.75, 3.05) is 4.90 Å². The minimum Gasteiger partial charge on any atom is -0.351 e. The first-order valence-corrected chi connectivity index (χ1v) is 10.6. The number of nitrogens with one attached hydrogen (secondary N) is 1. The molecule has 1 aliphatic rings. The number of benzene rings is 1. The molecule has 3 aromatic rings. The molecule has 4 nitrogen and oxygen atoms in total. The van der Waals surface area contributed by atoms with Crippen molar-refractivity contribution in [2.24, 2.45) is 0 Å². The van der Waals surface area contributed by atoms with E-state index in [2.05, 4.69) is 84.7 Å². The smallest absolute Gasteiger partial charge is 0.174 e. The fourth-order valence-electron chi connectivity index (χ4n) is 4.44. The zero-order valence-electron chi connectivity index (χ0n) is 17.7. The highest BCUT2D eigenvalue weighted by atomic mass is 32.1. The van der Waals surface area contributed by atoms with Crippen molar-refractivity contribution in [1.29, 1.82) is 0 Å². The van der Waals surface area contributed by atoms with Crippen LogP contribution in [0, 0.1) is 27.7 Å². The lowest BCUT2D eigenvalue weighted by Crippen LogP contribution is -2.29. The number of rotatable bonds is 4. The van der Waals surface area contributed by atoms with Crippen molar-refractivity contribution >= 4 is 23.0 Å². The van der Waals surface area contributed by atoms with Gasteiger partial charge in [-0.1, -0.05) is 12.1 Å². The van der Waals surface area contributed by atoms with E-state index >= 15 is 0 Å². The number of pyridine rings is 1. The van der Waals surface area contributed by atoms with Gasteiger partial charge in [0.1, 0.15) is 0 Å². The Morgan fingerprint density at radius 2 is 1.83 bits per heavy atom. The van der Waals surface area contributed by atoms with E-state index in [0.29, 0.717) is 0 Å². The number of aryl methyl sites for hydroxylation is 3. The van der Waals surface area contributed by atoms with Gasteiger partial charge in [-0.2, -0.15) is 0 Å². The molecule has 1 fully saturated rings. The van der Waals surface area contributed by atoms with Gasteiger partial charge in [0.15, 0.2) is 5.11 Å². The summed E-state index contributed by atoms with van der Waals surface area (Å²) in [6, 6.07) is 15.0. The van der Waals surface area contributed by atoms with Crippen LogP contribution < -0.4 is 10.2 Å². The third-order valence-electron chi connectivity index (χ3n) is 6.11. The zero-order valence-corrected chi connectivity index (χ0v) is 18.5. The molecular weight excluding hydrogens is 376 g/mol. The molecule has 0 radical (unpaired) electrons. The van der Waals surface area contributed by atoms with Crippen molar-refractivity contribution in [1.82, 2.24) is 14.9 Å². The predicted octanol–water partition coefficient (Wildman–Crippen LogP) is 5.31. The lowest BCUT2D eigenvalue weighted by atomic mass is 9.96. The van der Waals surface area contributed by atoms with Crippen LogP contribution in [0.4, 0.5) is 5.69 Å². The lowest BCUT2D eigenvalue weighted by molar-refractivity contribution is 0.563. The number of thiocarbonyl (C=S) groups is 1. The molecule has 1 saturated heterocycles. The third kappa shape index (κ3) is 3.33. The molecule has 0 unspecified atom stereocenters. The molecule has 29 heavy (non-hydrogen) atoms. The normalized spacial score (nSPS) is 18.9.